The molecule has 0 aliphatic rings. The van der Waals surface area contributed by atoms with Gasteiger partial charge in [0.15, 0.2) is 5.78 Å². The lowest BCUT2D eigenvalue weighted by Gasteiger charge is -2.06. The van der Waals surface area contributed by atoms with Crippen LogP contribution in [-0.2, 0) is 11.2 Å². The largest absolute Gasteiger partial charge is 0.317 e. The molecule has 2 heterocycles. The Kier molecular flexibility index (Phi) is 3.30. The molecule has 0 bridgehead atoms. The third kappa shape index (κ3) is 2.53. The number of hydrogen-bond donors (Lipinski definition) is 1. The molecule has 1 unspecified atom stereocenters. The van der Waals surface area contributed by atoms with Gasteiger partial charge in [0.2, 0.25) is 0 Å². The van der Waals surface area contributed by atoms with Gasteiger partial charge < -0.3 is 5.73 Å². The van der Waals surface area contributed by atoms with Gasteiger partial charge in [0, 0.05) is 16.2 Å². The zero-order valence-electron chi connectivity index (χ0n) is 8.05. The minimum Gasteiger partial charge on any atom is -0.317 e. The van der Waals surface area contributed by atoms with Gasteiger partial charge in [0.05, 0.1) is 6.04 Å². The van der Waals surface area contributed by atoms with Crippen molar-refractivity contribution in [3.05, 3.63) is 44.8 Å². The minimum absolute atomic E-state index is 0.0832. The lowest BCUT2D eigenvalue weighted by atomic mass is 10.1. The second kappa shape index (κ2) is 4.70. The molecule has 1 atom stereocenters. The molecule has 15 heavy (non-hydrogen) atoms. The Morgan fingerprint density at radius 3 is 2.60 bits per heavy atom. The number of hydrogen-bond acceptors (Lipinski definition) is 4. The minimum atomic E-state index is -0.466. The molecule has 4 heteroatoms. The Morgan fingerprint density at radius 2 is 2.00 bits per heavy atom. The number of Topliss-reactive ketones (excluding diaryl/α,β-unsaturated/α-hetero) is 1. The quantitative estimate of drug-likeness (QED) is 0.888. The molecule has 0 aromatic carbocycles. The van der Waals surface area contributed by atoms with E-state index in [2.05, 4.69) is 0 Å². The fourth-order valence-corrected chi connectivity index (χ4v) is 2.79. The zero-order chi connectivity index (χ0) is 10.7. The first-order valence-electron chi connectivity index (χ1n) is 4.61. The van der Waals surface area contributed by atoms with Crippen LogP contribution in [0, 0.1) is 0 Å². The lowest BCUT2D eigenvalue weighted by Crippen LogP contribution is -2.21. The molecule has 0 aliphatic heterocycles. The Hall–Kier alpha value is -0.970. The third-order valence-electron chi connectivity index (χ3n) is 2.13. The molecule has 78 valence electrons. The molecule has 0 aliphatic carbocycles. The van der Waals surface area contributed by atoms with Gasteiger partial charge in [0.25, 0.3) is 0 Å². The SMILES string of the molecule is NC(C(=O)Cc1cccs1)c1cccs1. The van der Waals surface area contributed by atoms with E-state index in [4.69, 9.17) is 5.73 Å². The number of rotatable bonds is 4. The van der Waals surface area contributed by atoms with Crippen LogP contribution in [0.2, 0.25) is 0 Å². The van der Waals surface area contributed by atoms with Crippen molar-refractivity contribution in [1.82, 2.24) is 0 Å². The molecule has 0 saturated heterocycles. The van der Waals surface area contributed by atoms with Gasteiger partial charge in [0.1, 0.15) is 0 Å². The third-order valence-corrected chi connectivity index (χ3v) is 3.96. The molecule has 0 fully saturated rings. The van der Waals surface area contributed by atoms with E-state index in [1.54, 1.807) is 11.3 Å². The maximum atomic E-state index is 11.8. The summed E-state index contributed by atoms with van der Waals surface area (Å²) in [6.07, 6.45) is 0.441. The summed E-state index contributed by atoms with van der Waals surface area (Å²) >= 11 is 3.12. The summed E-state index contributed by atoms with van der Waals surface area (Å²) < 4.78 is 0. The zero-order valence-corrected chi connectivity index (χ0v) is 9.68. The summed E-state index contributed by atoms with van der Waals surface area (Å²) in [6, 6.07) is 7.26. The Bertz CT molecular complexity index is 419. The summed E-state index contributed by atoms with van der Waals surface area (Å²) in [4.78, 5) is 13.8. The lowest BCUT2D eigenvalue weighted by molar-refractivity contribution is -0.119. The van der Waals surface area contributed by atoms with Crippen molar-refractivity contribution in [3.63, 3.8) is 0 Å². The number of nitrogens with two attached hydrogens (primary N) is 1. The first-order valence-corrected chi connectivity index (χ1v) is 6.37. The van der Waals surface area contributed by atoms with E-state index >= 15 is 0 Å². The Labute approximate surface area is 96.4 Å². The highest BCUT2D eigenvalue weighted by Gasteiger charge is 2.17. The average molecular weight is 237 g/mol. The summed E-state index contributed by atoms with van der Waals surface area (Å²) in [6.45, 7) is 0. The Morgan fingerprint density at radius 1 is 1.27 bits per heavy atom. The Balaban J connectivity index is 2.03. The van der Waals surface area contributed by atoms with Crippen LogP contribution in [0.3, 0.4) is 0 Å². The molecule has 2 N–H and O–H groups in total. The van der Waals surface area contributed by atoms with Gasteiger partial charge in [-0.05, 0) is 22.9 Å². The van der Waals surface area contributed by atoms with Crippen molar-refractivity contribution in [2.45, 2.75) is 12.5 Å². The van der Waals surface area contributed by atoms with Crippen molar-refractivity contribution in [1.29, 1.82) is 0 Å². The molecular formula is C11H11NOS2. The fourth-order valence-electron chi connectivity index (χ4n) is 1.32. The van der Waals surface area contributed by atoms with Gasteiger partial charge in [-0.25, -0.2) is 0 Å². The molecule has 0 radical (unpaired) electrons. The van der Waals surface area contributed by atoms with Crippen LogP contribution < -0.4 is 5.73 Å². The van der Waals surface area contributed by atoms with Crippen LogP contribution in [0.5, 0.6) is 0 Å². The average Bonchev–Trinajstić information content (AvgIpc) is 2.88. The van der Waals surface area contributed by atoms with E-state index in [1.165, 1.54) is 11.3 Å². The van der Waals surface area contributed by atoms with Crippen LogP contribution in [-0.4, -0.2) is 5.78 Å². The fraction of sp³-hybridized carbons (Fsp3) is 0.182. The van der Waals surface area contributed by atoms with Gasteiger partial charge in [-0.2, -0.15) is 0 Å². The standard InChI is InChI=1S/C11H11NOS2/c12-11(10-4-2-6-15-10)9(13)7-8-3-1-5-14-8/h1-6,11H,7,12H2. The molecule has 2 aromatic heterocycles. The first-order chi connectivity index (χ1) is 7.27. The topological polar surface area (TPSA) is 43.1 Å². The highest BCUT2D eigenvalue weighted by Crippen LogP contribution is 2.20. The van der Waals surface area contributed by atoms with Gasteiger partial charge in [-0.15, -0.1) is 22.7 Å². The van der Waals surface area contributed by atoms with Gasteiger partial charge >= 0.3 is 0 Å². The van der Waals surface area contributed by atoms with E-state index in [1.807, 2.05) is 35.0 Å². The van der Waals surface area contributed by atoms with Crippen molar-refractivity contribution < 1.29 is 4.79 Å². The number of carbonyl (C=O) groups is 1. The van der Waals surface area contributed by atoms with E-state index in [9.17, 15) is 4.79 Å². The second-order valence-electron chi connectivity index (χ2n) is 3.22. The maximum Gasteiger partial charge on any atom is 0.160 e. The predicted octanol–water partition coefficient (Wildman–Crippen LogP) is 2.62. The molecule has 2 rings (SSSR count). The van der Waals surface area contributed by atoms with Crippen LogP contribution in [0.15, 0.2) is 35.0 Å². The van der Waals surface area contributed by atoms with Gasteiger partial charge in [-0.1, -0.05) is 12.1 Å². The normalized spacial score (nSPS) is 12.6. The summed E-state index contributed by atoms with van der Waals surface area (Å²) in [5.41, 5.74) is 5.87. The monoisotopic (exact) mass is 237 g/mol. The summed E-state index contributed by atoms with van der Waals surface area (Å²) in [5, 5.41) is 3.91. The number of carbonyl (C=O) groups excluding carboxylic acids is 1. The molecule has 2 nitrogen and oxygen atoms in total. The van der Waals surface area contributed by atoms with E-state index < -0.39 is 6.04 Å². The molecular weight excluding hydrogens is 226 g/mol. The first kappa shape index (κ1) is 10.5. The number of thiophene rings is 2. The van der Waals surface area contributed by atoms with Gasteiger partial charge in [-0.3, -0.25) is 4.79 Å². The maximum absolute atomic E-state index is 11.8. The highest BCUT2D eigenvalue weighted by atomic mass is 32.1. The molecule has 2 aromatic rings. The molecule has 0 spiro atoms. The number of ketones is 1. The predicted molar refractivity (Wildman–Crippen MR) is 64.3 cm³/mol. The second-order valence-corrected chi connectivity index (χ2v) is 5.23. The van der Waals surface area contributed by atoms with E-state index in [-0.39, 0.29) is 5.78 Å². The molecule has 0 amide bonds. The smallest absolute Gasteiger partial charge is 0.160 e. The summed E-state index contributed by atoms with van der Waals surface area (Å²) in [7, 11) is 0. The van der Waals surface area contributed by atoms with E-state index in [0.717, 1.165) is 9.75 Å². The van der Waals surface area contributed by atoms with Crippen LogP contribution >= 0.6 is 22.7 Å². The highest BCUT2D eigenvalue weighted by molar-refractivity contribution is 7.10. The van der Waals surface area contributed by atoms with Crippen molar-refractivity contribution >= 4 is 28.5 Å². The van der Waals surface area contributed by atoms with Crippen molar-refractivity contribution in [2.75, 3.05) is 0 Å². The van der Waals surface area contributed by atoms with Crippen molar-refractivity contribution in [2.24, 2.45) is 5.73 Å². The van der Waals surface area contributed by atoms with Crippen LogP contribution in [0.4, 0.5) is 0 Å². The van der Waals surface area contributed by atoms with Crippen LogP contribution in [0.1, 0.15) is 15.8 Å². The molecule has 0 saturated carbocycles. The summed E-state index contributed by atoms with van der Waals surface area (Å²) in [5.74, 6) is 0.0832. The van der Waals surface area contributed by atoms with Crippen LogP contribution in [0.25, 0.3) is 0 Å². The van der Waals surface area contributed by atoms with E-state index in [0.29, 0.717) is 6.42 Å². The van der Waals surface area contributed by atoms with Crippen molar-refractivity contribution in [3.8, 4) is 0 Å².